The highest BCUT2D eigenvalue weighted by Gasteiger charge is 2.18. The molecule has 1 heterocycles. The maximum atomic E-state index is 11.3. The molecule has 0 radical (unpaired) electrons. The van der Waals surface area contributed by atoms with Gasteiger partial charge in [-0.25, -0.2) is 9.78 Å². The number of aromatic nitrogens is 2. The Morgan fingerprint density at radius 1 is 1.53 bits per heavy atom. The van der Waals surface area contributed by atoms with Gasteiger partial charge < -0.3 is 19.8 Å². The number of hydrogen-bond acceptors (Lipinski definition) is 5. The standard InChI is InChI=1S/C9H15N3O3/c1-6-11-7(9(13)15-3)8(10)12(6)4-5-14-2/h4-5,10H2,1-3H3. The summed E-state index contributed by atoms with van der Waals surface area (Å²) in [6.07, 6.45) is 0. The summed E-state index contributed by atoms with van der Waals surface area (Å²) in [6.45, 7) is 2.86. The molecule has 15 heavy (non-hydrogen) atoms. The van der Waals surface area contributed by atoms with Crippen molar-refractivity contribution in [1.82, 2.24) is 9.55 Å². The molecule has 0 atom stereocenters. The van der Waals surface area contributed by atoms with Crippen molar-refractivity contribution in [3.63, 3.8) is 0 Å². The van der Waals surface area contributed by atoms with Crippen LogP contribution < -0.4 is 5.73 Å². The lowest BCUT2D eigenvalue weighted by molar-refractivity contribution is 0.0595. The highest BCUT2D eigenvalue weighted by atomic mass is 16.5. The van der Waals surface area contributed by atoms with Crippen molar-refractivity contribution in [2.24, 2.45) is 0 Å². The Balaban J connectivity index is 2.98. The van der Waals surface area contributed by atoms with Gasteiger partial charge in [0.15, 0.2) is 5.69 Å². The third-order valence-electron chi connectivity index (χ3n) is 2.10. The molecule has 0 aliphatic heterocycles. The topological polar surface area (TPSA) is 79.4 Å². The van der Waals surface area contributed by atoms with Crippen LogP contribution in [0.5, 0.6) is 0 Å². The zero-order chi connectivity index (χ0) is 11.4. The minimum absolute atomic E-state index is 0.158. The van der Waals surface area contributed by atoms with Gasteiger partial charge in [0.05, 0.1) is 13.7 Å². The predicted octanol–water partition coefficient (Wildman–Crippen LogP) is 0.207. The van der Waals surface area contributed by atoms with E-state index >= 15 is 0 Å². The molecule has 0 amide bonds. The summed E-state index contributed by atoms with van der Waals surface area (Å²) in [5.41, 5.74) is 5.92. The molecule has 0 saturated heterocycles. The largest absolute Gasteiger partial charge is 0.464 e. The molecular formula is C9H15N3O3. The number of nitrogens with two attached hydrogens (primary N) is 1. The first-order valence-corrected chi connectivity index (χ1v) is 4.51. The van der Waals surface area contributed by atoms with Crippen molar-refractivity contribution in [2.45, 2.75) is 13.5 Å². The van der Waals surface area contributed by atoms with Gasteiger partial charge in [-0.05, 0) is 6.92 Å². The normalized spacial score (nSPS) is 10.3. The highest BCUT2D eigenvalue weighted by Crippen LogP contribution is 2.14. The molecule has 0 fully saturated rings. The van der Waals surface area contributed by atoms with Crippen molar-refractivity contribution < 1.29 is 14.3 Å². The number of nitrogen functional groups attached to an aromatic ring is 1. The molecule has 0 saturated carbocycles. The average molecular weight is 213 g/mol. The van der Waals surface area contributed by atoms with E-state index in [4.69, 9.17) is 10.5 Å². The van der Waals surface area contributed by atoms with Crippen LogP contribution in [0, 0.1) is 6.92 Å². The van der Waals surface area contributed by atoms with Gasteiger partial charge in [-0.2, -0.15) is 0 Å². The molecular weight excluding hydrogens is 198 g/mol. The molecule has 0 aliphatic carbocycles. The Hall–Kier alpha value is -1.56. The summed E-state index contributed by atoms with van der Waals surface area (Å²) < 4.78 is 11.2. The quantitative estimate of drug-likeness (QED) is 0.723. The van der Waals surface area contributed by atoms with Crippen molar-refractivity contribution >= 4 is 11.8 Å². The van der Waals surface area contributed by atoms with Gasteiger partial charge in [-0.1, -0.05) is 0 Å². The molecule has 0 unspecified atom stereocenters. The summed E-state index contributed by atoms with van der Waals surface area (Å²) in [5, 5.41) is 0. The van der Waals surface area contributed by atoms with Crippen LogP contribution in [0.3, 0.4) is 0 Å². The van der Waals surface area contributed by atoms with E-state index in [-0.39, 0.29) is 5.69 Å². The van der Waals surface area contributed by atoms with E-state index in [0.717, 1.165) is 0 Å². The van der Waals surface area contributed by atoms with E-state index in [9.17, 15) is 4.79 Å². The second-order valence-corrected chi connectivity index (χ2v) is 3.03. The van der Waals surface area contributed by atoms with Crippen molar-refractivity contribution in [1.29, 1.82) is 0 Å². The van der Waals surface area contributed by atoms with Crippen molar-refractivity contribution in [3.8, 4) is 0 Å². The Bertz CT molecular complexity index is 360. The third-order valence-corrected chi connectivity index (χ3v) is 2.10. The molecule has 1 aromatic heterocycles. The molecule has 0 bridgehead atoms. The number of esters is 1. The maximum Gasteiger partial charge on any atom is 0.360 e. The van der Waals surface area contributed by atoms with E-state index in [1.807, 2.05) is 0 Å². The van der Waals surface area contributed by atoms with Crippen LogP contribution in [0.15, 0.2) is 0 Å². The third kappa shape index (κ3) is 2.27. The van der Waals surface area contributed by atoms with Gasteiger partial charge in [-0.15, -0.1) is 0 Å². The van der Waals surface area contributed by atoms with Gasteiger partial charge in [0, 0.05) is 13.7 Å². The molecule has 1 aromatic rings. The maximum absolute atomic E-state index is 11.3. The first kappa shape index (κ1) is 11.5. The number of carbonyl (C=O) groups is 1. The van der Waals surface area contributed by atoms with Crippen molar-refractivity contribution in [3.05, 3.63) is 11.5 Å². The van der Waals surface area contributed by atoms with Gasteiger partial charge >= 0.3 is 5.97 Å². The number of rotatable bonds is 4. The Kier molecular flexibility index (Phi) is 3.68. The van der Waals surface area contributed by atoms with Crippen LogP contribution in [-0.4, -0.2) is 36.3 Å². The van der Waals surface area contributed by atoms with E-state index in [2.05, 4.69) is 9.72 Å². The molecule has 2 N–H and O–H groups in total. The Morgan fingerprint density at radius 3 is 2.73 bits per heavy atom. The number of nitrogens with zero attached hydrogens (tertiary/aromatic N) is 2. The van der Waals surface area contributed by atoms with Gasteiger partial charge in [0.25, 0.3) is 0 Å². The second kappa shape index (κ2) is 4.79. The minimum Gasteiger partial charge on any atom is -0.464 e. The number of imidazole rings is 1. The number of ether oxygens (including phenoxy) is 2. The number of carbonyl (C=O) groups excluding carboxylic acids is 1. The lowest BCUT2D eigenvalue weighted by Crippen LogP contribution is -2.11. The first-order valence-electron chi connectivity index (χ1n) is 4.51. The van der Waals surface area contributed by atoms with Crippen molar-refractivity contribution in [2.75, 3.05) is 26.6 Å². The van der Waals surface area contributed by atoms with Crippen LogP contribution in [0.4, 0.5) is 5.82 Å². The molecule has 6 heteroatoms. The average Bonchev–Trinajstić information content (AvgIpc) is 2.51. The second-order valence-electron chi connectivity index (χ2n) is 3.03. The fourth-order valence-corrected chi connectivity index (χ4v) is 1.29. The smallest absolute Gasteiger partial charge is 0.360 e. The molecule has 84 valence electrons. The molecule has 0 spiro atoms. The zero-order valence-corrected chi connectivity index (χ0v) is 9.11. The fourth-order valence-electron chi connectivity index (χ4n) is 1.29. The van der Waals surface area contributed by atoms with Crippen LogP contribution in [0.1, 0.15) is 16.3 Å². The molecule has 0 aliphatic rings. The summed E-state index contributed by atoms with van der Waals surface area (Å²) >= 11 is 0. The summed E-state index contributed by atoms with van der Waals surface area (Å²) in [5.74, 6) is 0.466. The number of anilines is 1. The van der Waals surface area contributed by atoms with Gasteiger partial charge in [0.1, 0.15) is 11.6 Å². The van der Waals surface area contributed by atoms with E-state index in [1.54, 1.807) is 18.6 Å². The minimum atomic E-state index is -0.522. The predicted molar refractivity (Wildman–Crippen MR) is 54.6 cm³/mol. The van der Waals surface area contributed by atoms with E-state index in [1.165, 1.54) is 7.11 Å². The summed E-state index contributed by atoms with van der Waals surface area (Å²) in [4.78, 5) is 15.3. The zero-order valence-electron chi connectivity index (χ0n) is 9.11. The van der Waals surface area contributed by atoms with Crippen LogP contribution in [-0.2, 0) is 16.0 Å². The van der Waals surface area contributed by atoms with E-state index < -0.39 is 5.97 Å². The number of aryl methyl sites for hydroxylation is 1. The molecule has 1 rings (SSSR count). The fraction of sp³-hybridized carbons (Fsp3) is 0.556. The van der Waals surface area contributed by atoms with Crippen LogP contribution in [0.25, 0.3) is 0 Å². The Labute approximate surface area is 88.0 Å². The lowest BCUT2D eigenvalue weighted by atomic mass is 10.4. The number of hydrogen-bond donors (Lipinski definition) is 1. The summed E-state index contributed by atoms with van der Waals surface area (Å²) in [7, 11) is 2.90. The molecule has 6 nitrogen and oxygen atoms in total. The SMILES string of the molecule is COCCn1c(C)nc(C(=O)OC)c1N. The first-order chi connectivity index (χ1) is 7.11. The van der Waals surface area contributed by atoms with Crippen LogP contribution >= 0.6 is 0 Å². The van der Waals surface area contributed by atoms with Crippen LogP contribution in [0.2, 0.25) is 0 Å². The van der Waals surface area contributed by atoms with Gasteiger partial charge in [-0.3, -0.25) is 0 Å². The van der Waals surface area contributed by atoms with Gasteiger partial charge in [0.2, 0.25) is 0 Å². The summed E-state index contributed by atoms with van der Waals surface area (Å²) in [6, 6.07) is 0. The highest BCUT2D eigenvalue weighted by molar-refractivity contribution is 5.92. The lowest BCUT2D eigenvalue weighted by Gasteiger charge is -2.06. The Morgan fingerprint density at radius 2 is 2.20 bits per heavy atom. The molecule has 0 aromatic carbocycles. The van der Waals surface area contributed by atoms with E-state index in [0.29, 0.717) is 24.8 Å². The number of methoxy groups -OCH3 is 2. The monoisotopic (exact) mass is 213 g/mol.